The number of aromatic nitrogens is 4. The number of likely N-dealkylation sites (tertiary alicyclic amines) is 1. The first-order valence-corrected chi connectivity index (χ1v) is 8.07. The van der Waals surface area contributed by atoms with Gasteiger partial charge in [0.25, 0.3) is 5.91 Å². The van der Waals surface area contributed by atoms with Crippen LogP contribution in [0.4, 0.5) is 0 Å². The molecular weight excluding hydrogens is 302 g/mol. The molecule has 6 heteroatoms. The van der Waals surface area contributed by atoms with E-state index in [0.717, 1.165) is 0 Å². The van der Waals surface area contributed by atoms with Crippen molar-refractivity contribution in [3.8, 4) is 0 Å². The van der Waals surface area contributed by atoms with Gasteiger partial charge in [-0.15, -0.1) is 5.10 Å². The molecule has 0 bridgehead atoms. The average molecular weight is 321 g/mol. The Morgan fingerprint density at radius 1 is 1.12 bits per heavy atom. The molecular formula is C18H19N5O. The molecule has 122 valence electrons. The summed E-state index contributed by atoms with van der Waals surface area (Å²) in [4.78, 5) is 14.9. The molecule has 0 radical (unpaired) electrons. The van der Waals surface area contributed by atoms with E-state index < -0.39 is 0 Å². The molecule has 0 N–H and O–H groups in total. The van der Waals surface area contributed by atoms with Crippen LogP contribution in [0, 0.1) is 5.41 Å². The molecule has 0 spiro atoms. The first-order valence-electron chi connectivity index (χ1n) is 8.07. The van der Waals surface area contributed by atoms with Crippen molar-refractivity contribution in [1.29, 1.82) is 0 Å². The van der Waals surface area contributed by atoms with Crippen LogP contribution in [0.5, 0.6) is 0 Å². The maximum atomic E-state index is 13.0. The van der Waals surface area contributed by atoms with Crippen LogP contribution in [0.2, 0.25) is 0 Å². The van der Waals surface area contributed by atoms with E-state index in [-0.39, 0.29) is 11.3 Å². The number of amides is 1. The normalized spacial score (nSPS) is 19.8. The van der Waals surface area contributed by atoms with Gasteiger partial charge in [-0.1, -0.05) is 50.2 Å². The molecule has 3 aromatic rings. The third kappa shape index (κ3) is 2.35. The maximum Gasteiger partial charge on any atom is 0.272 e. The lowest BCUT2D eigenvalue weighted by Crippen LogP contribution is -2.31. The van der Waals surface area contributed by atoms with Crippen molar-refractivity contribution in [3.05, 3.63) is 59.8 Å². The number of tetrazole rings is 1. The smallest absolute Gasteiger partial charge is 0.272 e. The van der Waals surface area contributed by atoms with Crippen LogP contribution in [0.25, 0.3) is 5.65 Å². The van der Waals surface area contributed by atoms with Crippen molar-refractivity contribution in [3.63, 3.8) is 0 Å². The van der Waals surface area contributed by atoms with Gasteiger partial charge < -0.3 is 4.90 Å². The summed E-state index contributed by atoms with van der Waals surface area (Å²) in [5.74, 6) is 0.287. The molecule has 1 aliphatic rings. The van der Waals surface area contributed by atoms with E-state index in [1.807, 2.05) is 17.0 Å². The van der Waals surface area contributed by atoms with E-state index >= 15 is 0 Å². The number of hydrogen-bond acceptors (Lipinski definition) is 4. The van der Waals surface area contributed by atoms with Crippen LogP contribution in [-0.4, -0.2) is 43.9 Å². The second-order valence-corrected chi connectivity index (χ2v) is 7.00. The highest BCUT2D eigenvalue weighted by molar-refractivity contribution is 5.93. The van der Waals surface area contributed by atoms with Crippen LogP contribution in [0.15, 0.2) is 48.5 Å². The van der Waals surface area contributed by atoms with E-state index in [9.17, 15) is 4.79 Å². The Labute approximate surface area is 140 Å². The van der Waals surface area contributed by atoms with E-state index in [4.69, 9.17) is 0 Å². The zero-order chi connectivity index (χ0) is 16.7. The first-order chi connectivity index (χ1) is 11.6. The summed E-state index contributed by atoms with van der Waals surface area (Å²) in [7, 11) is 0. The standard InChI is InChI=1S/C18H19N5O/c1-18(2)12-22(11-14(18)13-7-4-3-5-8-13)17(24)15-9-6-10-16-19-20-21-23(15)16/h3-10,14H,11-12H2,1-2H3. The third-order valence-electron chi connectivity index (χ3n) is 4.87. The maximum absolute atomic E-state index is 13.0. The third-order valence-corrected chi connectivity index (χ3v) is 4.87. The summed E-state index contributed by atoms with van der Waals surface area (Å²) in [6, 6.07) is 15.8. The topological polar surface area (TPSA) is 63.4 Å². The van der Waals surface area contributed by atoms with Crippen LogP contribution in [0.3, 0.4) is 0 Å². The van der Waals surface area contributed by atoms with Gasteiger partial charge in [-0.05, 0) is 33.5 Å². The number of carbonyl (C=O) groups is 1. The monoisotopic (exact) mass is 321 g/mol. The minimum Gasteiger partial charge on any atom is -0.336 e. The van der Waals surface area contributed by atoms with Gasteiger partial charge in [-0.2, -0.15) is 4.52 Å². The lowest BCUT2D eigenvalue weighted by atomic mass is 9.78. The average Bonchev–Trinajstić information content (AvgIpc) is 3.18. The Hall–Kier alpha value is -2.76. The van der Waals surface area contributed by atoms with Crippen molar-refractivity contribution in [2.45, 2.75) is 19.8 Å². The Morgan fingerprint density at radius 3 is 2.71 bits per heavy atom. The Balaban J connectivity index is 1.66. The first kappa shape index (κ1) is 14.8. The molecule has 1 aliphatic heterocycles. The molecule has 0 aliphatic carbocycles. The van der Waals surface area contributed by atoms with Crippen LogP contribution in [-0.2, 0) is 0 Å². The van der Waals surface area contributed by atoms with Gasteiger partial charge in [-0.3, -0.25) is 4.79 Å². The van der Waals surface area contributed by atoms with Gasteiger partial charge in [0.1, 0.15) is 5.69 Å². The molecule has 4 rings (SSSR count). The minimum atomic E-state index is -0.0283. The zero-order valence-electron chi connectivity index (χ0n) is 13.8. The Morgan fingerprint density at radius 2 is 1.92 bits per heavy atom. The fourth-order valence-electron chi connectivity index (χ4n) is 3.62. The summed E-state index contributed by atoms with van der Waals surface area (Å²) >= 11 is 0. The molecule has 6 nitrogen and oxygen atoms in total. The van der Waals surface area contributed by atoms with Gasteiger partial charge in [0.2, 0.25) is 0 Å². The number of hydrogen-bond donors (Lipinski definition) is 0. The fraction of sp³-hybridized carbons (Fsp3) is 0.333. The highest BCUT2D eigenvalue weighted by Crippen LogP contribution is 2.42. The molecule has 1 aromatic carbocycles. The summed E-state index contributed by atoms with van der Waals surface area (Å²) < 4.78 is 1.51. The largest absolute Gasteiger partial charge is 0.336 e. The van der Waals surface area contributed by atoms with Gasteiger partial charge in [0.15, 0.2) is 5.65 Å². The van der Waals surface area contributed by atoms with E-state index in [0.29, 0.717) is 30.3 Å². The predicted molar refractivity (Wildman–Crippen MR) is 89.6 cm³/mol. The Bertz CT molecular complexity index is 887. The molecule has 1 saturated heterocycles. The second kappa shape index (κ2) is 5.40. The molecule has 3 heterocycles. The number of fused-ring (bicyclic) bond motifs is 1. The van der Waals surface area contributed by atoms with E-state index in [2.05, 4.69) is 53.6 Å². The van der Waals surface area contributed by atoms with Crippen LogP contribution in [0.1, 0.15) is 35.8 Å². The lowest BCUT2D eigenvalue weighted by molar-refractivity contribution is 0.0769. The van der Waals surface area contributed by atoms with E-state index in [1.165, 1.54) is 10.1 Å². The molecule has 0 saturated carbocycles. The highest BCUT2D eigenvalue weighted by Gasteiger charge is 2.42. The second-order valence-electron chi connectivity index (χ2n) is 7.00. The quantitative estimate of drug-likeness (QED) is 0.727. The van der Waals surface area contributed by atoms with Gasteiger partial charge >= 0.3 is 0 Å². The fourth-order valence-corrected chi connectivity index (χ4v) is 3.62. The summed E-state index contributed by atoms with van der Waals surface area (Å²) in [5, 5.41) is 11.5. The predicted octanol–water partition coefficient (Wildman–Crippen LogP) is 2.39. The summed E-state index contributed by atoms with van der Waals surface area (Å²) in [6.45, 7) is 5.85. The van der Waals surface area contributed by atoms with Gasteiger partial charge in [-0.25, -0.2) is 0 Å². The molecule has 1 unspecified atom stereocenters. The lowest BCUT2D eigenvalue weighted by Gasteiger charge is -2.25. The van der Waals surface area contributed by atoms with Crippen molar-refractivity contribution in [2.75, 3.05) is 13.1 Å². The molecule has 1 fully saturated rings. The van der Waals surface area contributed by atoms with E-state index in [1.54, 1.807) is 12.1 Å². The highest BCUT2D eigenvalue weighted by atomic mass is 16.2. The van der Waals surface area contributed by atoms with Crippen LogP contribution < -0.4 is 0 Å². The SMILES string of the molecule is CC1(C)CN(C(=O)c2cccc3nnnn23)CC1c1ccccc1. The van der Waals surface area contributed by atoms with Crippen molar-refractivity contribution in [2.24, 2.45) is 5.41 Å². The minimum absolute atomic E-state index is 0.0194. The van der Waals surface area contributed by atoms with Crippen LogP contribution >= 0.6 is 0 Å². The number of nitrogens with zero attached hydrogens (tertiary/aromatic N) is 5. The van der Waals surface area contributed by atoms with Crippen molar-refractivity contribution >= 4 is 11.6 Å². The molecule has 24 heavy (non-hydrogen) atoms. The number of pyridine rings is 1. The Kier molecular flexibility index (Phi) is 3.33. The molecule has 2 aromatic heterocycles. The number of rotatable bonds is 2. The number of benzene rings is 1. The van der Waals surface area contributed by atoms with Crippen molar-refractivity contribution < 1.29 is 4.79 Å². The molecule has 1 atom stereocenters. The number of carbonyl (C=O) groups excluding carboxylic acids is 1. The zero-order valence-corrected chi connectivity index (χ0v) is 13.8. The van der Waals surface area contributed by atoms with Crippen molar-refractivity contribution in [1.82, 2.24) is 24.9 Å². The van der Waals surface area contributed by atoms with Gasteiger partial charge in [0, 0.05) is 19.0 Å². The summed E-state index contributed by atoms with van der Waals surface area (Å²) in [6.07, 6.45) is 0. The van der Waals surface area contributed by atoms with Gasteiger partial charge in [0.05, 0.1) is 0 Å². The molecule has 1 amide bonds. The summed E-state index contributed by atoms with van der Waals surface area (Å²) in [5.41, 5.74) is 2.38.